The Balaban J connectivity index is 2.01. The molecule has 0 aliphatic carbocycles. The number of aryl methyl sites for hydroxylation is 1. The lowest BCUT2D eigenvalue weighted by molar-refractivity contribution is -0.372. The van der Waals surface area contributed by atoms with Gasteiger partial charge >= 0.3 is 5.97 Å². The van der Waals surface area contributed by atoms with Gasteiger partial charge in [0.25, 0.3) is 0 Å². The summed E-state index contributed by atoms with van der Waals surface area (Å²) < 4.78 is 27.7. The molecule has 26 heavy (non-hydrogen) atoms. The molecule has 0 spiro atoms. The van der Waals surface area contributed by atoms with Gasteiger partial charge in [-0.1, -0.05) is 24.3 Å². The number of carbonyl (C=O) groups excluding carboxylic acids is 2. The van der Waals surface area contributed by atoms with Gasteiger partial charge in [0.05, 0.1) is 5.92 Å². The summed E-state index contributed by atoms with van der Waals surface area (Å²) in [5, 5.41) is 0. The van der Waals surface area contributed by atoms with Gasteiger partial charge in [0.1, 0.15) is 12.7 Å². The first-order chi connectivity index (χ1) is 12.5. The molecular formula is C19H24O7. The van der Waals surface area contributed by atoms with E-state index in [1.54, 1.807) is 6.07 Å². The molecule has 7 heteroatoms. The van der Waals surface area contributed by atoms with Gasteiger partial charge < -0.3 is 23.7 Å². The highest BCUT2D eigenvalue weighted by atomic mass is 16.8. The Labute approximate surface area is 152 Å². The maximum Gasteiger partial charge on any atom is 0.306 e. The van der Waals surface area contributed by atoms with Crippen molar-refractivity contribution in [3.8, 4) is 0 Å². The molecule has 1 aromatic rings. The van der Waals surface area contributed by atoms with Crippen molar-refractivity contribution < 1.29 is 33.3 Å². The maximum atomic E-state index is 13.3. The van der Waals surface area contributed by atoms with E-state index in [1.807, 2.05) is 18.2 Å². The second kappa shape index (κ2) is 7.84. The fourth-order valence-electron chi connectivity index (χ4n) is 3.65. The van der Waals surface area contributed by atoms with E-state index in [2.05, 4.69) is 0 Å². The summed E-state index contributed by atoms with van der Waals surface area (Å²) in [6, 6.07) is 7.31. The van der Waals surface area contributed by atoms with Gasteiger partial charge in [-0.05, 0) is 12.0 Å². The summed E-state index contributed by atoms with van der Waals surface area (Å²) in [4.78, 5) is 25.3. The van der Waals surface area contributed by atoms with Gasteiger partial charge in [-0.15, -0.1) is 0 Å². The fourth-order valence-corrected chi connectivity index (χ4v) is 3.65. The number of ether oxygens (including phenoxy) is 5. The first kappa shape index (κ1) is 19.0. The van der Waals surface area contributed by atoms with Crippen molar-refractivity contribution >= 4 is 11.8 Å². The number of esters is 1. The molecular weight excluding hydrogens is 340 g/mol. The van der Waals surface area contributed by atoms with Crippen LogP contribution in [-0.2, 0) is 34.9 Å². The Hall–Kier alpha value is -1.80. The van der Waals surface area contributed by atoms with E-state index in [0.29, 0.717) is 12.0 Å². The van der Waals surface area contributed by atoms with Crippen LogP contribution in [0.15, 0.2) is 24.3 Å². The predicted octanol–water partition coefficient (Wildman–Crippen LogP) is 1.73. The van der Waals surface area contributed by atoms with Crippen molar-refractivity contribution in [2.24, 2.45) is 5.92 Å². The third-order valence-electron chi connectivity index (χ3n) is 5.14. The van der Waals surface area contributed by atoms with E-state index in [1.165, 1.54) is 21.3 Å². The van der Waals surface area contributed by atoms with Crippen LogP contribution in [0, 0.1) is 5.92 Å². The number of methoxy groups -OCH3 is 3. The lowest BCUT2D eigenvalue weighted by Crippen LogP contribution is -2.59. The molecule has 0 unspecified atom stereocenters. The molecule has 3 rings (SSSR count). The number of hydrogen-bond donors (Lipinski definition) is 0. The van der Waals surface area contributed by atoms with Crippen molar-refractivity contribution in [2.75, 3.05) is 27.9 Å². The molecule has 0 aromatic heterocycles. The number of fused-ring (bicyclic) bond motifs is 2. The Morgan fingerprint density at radius 2 is 1.81 bits per heavy atom. The van der Waals surface area contributed by atoms with E-state index < -0.39 is 24.1 Å². The third-order valence-corrected chi connectivity index (χ3v) is 5.14. The summed E-state index contributed by atoms with van der Waals surface area (Å²) in [5.74, 6) is -2.19. The highest BCUT2D eigenvalue weighted by Crippen LogP contribution is 2.39. The summed E-state index contributed by atoms with van der Waals surface area (Å²) in [7, 11) is 4.44. The van der Waals surface area contributed by atoms with Crippen molar-refractivity contribution in [3.63, 3.8) is 0 Å². The molecule has 1 saturated heterocycles. The lowest BCUT2D eigenvalue weighted by atomic mass is 9.82. The number of carbonyl (C=O) groups is 2. The van der Waals surface area contributed by atoms with Gasteiger partial charge in [-0.25, -0.2) is 0 Å². The van der Waals surface area contributed by atoms with E-state index in [0.717, 1.165) is 5.56 Å². The molecule has 142 valence electrons. The van der Waals surface area contributed by atoms with Crippen LogP contribution < -0.4 is 0 Å². The molecule has 7 nitrogen and oxygen atoms in total. The molecule has 0 bridgehead atoms. The van der Waals surface area contributed by atoms with Gasteiger partial charge in [-0.2, -0.15) is 0 Å². The predicted molar refractivity (Wildman–Crippen MR) is 90.6 cm³/mol. The van der Waals surface area contributed by atoms with Crippen LogP contribution in [0.4, 0.5) is 0 Å². The summed E-state index contributed by atoms with van der Waals surface area (Å²) in [5.41, 5.74) is 1.42. The highest BCUT2D eigenvalue weighted by molar-refractivity contribution is 5.99. The van der Waals surface area contributed by atoms with E-state index in [9.17, 15) is 9.59 Å². The second-order valence-corrected chi connectivity index (χ2v) is 6.48. The Morgan fingerprint density at radius 1 is 1.08 bits per heavy atom. The maximum absolute atomic E-state index is 13.3. The van der Waals surface area contributed by atoms with E-state index in [-0.39, 0.29) is 31.2 Å². The topological polar surface area (TPSA) is 80.3 Å². The average Bonchev–Trinajstić information content (AvgIpc) is 2.69. The zero-order chi connectivity index (χ0) is 18.7. The zero-order valence-electron chi connectivity index (χ0n) is 15.2. The number of ketones is 1. The van der Waals surface area contributed by atoms with Crippen LogP contribution >= 0.6 is 0 Å². The molecule has 0 amide bonds. The minimum Gasteiger partial charge on any atom is -0.463 e. The fraction of sp³-hybridized carbons (Fsp3) is 0.579. The van der Waals surface area contributed by atoms with Gasteiger partial charge in [0, 0.05) is 39.7 Å². The number of Topliss-reactive ketones (excluding diaryl/α,β-unsaturated/α-hetero) is 1. The molecule has 2 aliphatic heterocycles. The lowest BCUT2D eigenvalue weighted by Gasteiger charge is -2.46. The van der Waals surface area contributed by atoms with Crippen molar-refractivity contribution in [1.82, 2.24) is 0 Å². The molecule has 0 saturated carbocycles. The SMILES string of the molecule is CO[C@H]1O[C@@H]2COC(=O)CCc3ccccc3C(=O)[C@H]2CC1(OC)OC. The molecule has 0 N–H and O–H groups in total. The molecule has 2 heterocycles. The average molecular weight is 364 g/mol. The molecule has 2 aliphatic rings. The minimum absolute atomic E-state index is 0.0131. The van der Waals surface area contributed by atoms with Crippen molar-refractivity contribution in [3.05, 3.63) is 35.4 Å². The Kier molecular flexibility index (Phi) is 5.72. The van der Waals surface area contributed by atoms with Gasteiger partial charge in [-0.3, -0.25) is 9.59 Å². The second-order valence-electron chi connectivity index (χ2n) is 6.48. The van der Waals surface area contributed by atoms with E-state index in [4.69, 9.17) is 23.7 Å². The molecule has 0 radical (unpaired) electrons. The number of benzene rings is 1. The van der Waals surface area contributed by atoms with Crippen LogP contribution in [0.1, 0.15) is 28.8 Å². The van der Waals surface area contributed by atoms with Crippen LogP contribution in [0.5, 0.6) is 0 Å². The highest BCUT2D eigenvalue weighted by Gasteiger charge is 2.53. The molecule has 3 atom stereocenters. The van der Waals surface area contributed by atoms with Crippen LogP contribution in [-0.4, -0.2) is 57.9 Å². The molecule has 1 aromatic carbocycles. The van der Waals surface area contributed by atoms with Crippen LogP contribution in [0.2, 0.25) is 0 Å². The largest absolute Gasteiger partial charge is 0.463 e. The van der Waals surface area contributed by atoms with Gasteiger partial charge in [0.15, 0.2) is 5.78 Å². The van der Waals surface area contributed by atoms with Gasteiger partial charge in [0.2, 0.25) is 12.1 Å². The smallest absolute Gasteiger partial charge is 0.306 e. The van der Waals surface area contributed by atoms with E-state index >= 15 is 0 Å². The van der Waals surface area contributed by atoms with Crippen LogP contribution in [0.3, 0.4) is 0 Å². The minimum atomic E-state index is -1.21. The van der Waals surface area contributed by atoms with Crippen molar-refractivity contribution in [2.45, 2.75) is 37.4 Å². The third kappa shape index (κ3) is 3.40. The normalized spacial score (nSPS) is 28.7. The summed E-state index contributed by atoms with van der Waals surface area (Å²) >= 11 is 0. The standard InChI is InChI=1S/C19H24O7/c1-22-18-19(23-2,24-3)10-14-15(26-18)11-25-16(20)9-8-12-6-4-5-7-13(12)17(14)21/h4-7,14-15,18H,8-11H2,1-3H3/t14-,15+,18-/m0/s1. The molecule has 1 fully saturated rings. The Morgan fingerprint density at radius 3 is 2.50 bits per heavy atom. The monoisotopic (exact) mass is 364 g/mol. The summed E-state index contributed by atoms with van der Waals surface area (Å²) in [6.07, 6.45) is -0.577. The quantitative estimate of drug-likeness (QED) is 0.597. The van der Waals surface area contributed by atoms with Crippen LogP contribution in [0.25, 0.3) is 0 Å². The number of rotatable bonds is 3. The number of hydrogen-bond acceptors (Lipinski definition) is 7. The number of cyclic esters (lactones) is 1. The summed E-state index contributed by atoms with van der Waals surface area (Å²) in [6.45, 7) is -0.0131. The zero-order valence-corrected chi connectivity index (χ0v) is 15.2. The first-order valence-electron chi connectivity index (χ1n) is 8.61. The Bertz CT molecular complexity index is 668. The van der Waals surface area contributed by atoms with Crippen molar-refractivity contribution in [1.29, 1.82) is 0 Å². The first-order valence-corrected chi connectivity index (χ1v) is 8.61.